The minimum absolute atomic E-state index is 0.115. The summed E-state index contributed by atoms with van der Waals surface area (Å²) in [5.41, 5.74) is 0. The smallest absolute Gasteiger partial charge is 0.227 e. The van der Waals surface area contributed by atoms with E-state index in [0.29, 0.717) is 6.42 Å². The van der Waals surface area contributed by atoms with Crippen LogP contribution in [0.15, 0.2) is 0 Å². The molecule has 0 aliphatic heterocycles. The van der Waals surface area contributed by atoms with E-state index in [1.54, 1.807) is 0 Å². The zero-order valence-corrected chi connectivity index (χ0v) is 7.27. The summed E-state index contributed by atoms with van der Waals surface area (Å²) in [5, 5.41) is -0.510. The van der Waals surface area contributed by atoms with Crippen LogP contribution in [0, 0.1) is 11.8 Å². The van der Waals surface area contributed by atoms with Crippen LogP contribution in [-0.2, 0) is 4.79 Å². The number of hydrogen-bond donors (Lipinski definition) is 0. The molecule has 0 radical (unpaired) electrons. The molecular formula is C8H12ClFO. The molecule has 1 aliphatic carbocycles. The van der Waals surface area contributed by atoms with E-state index in [1.807, 2.05) is 6.92 Å². The molecule has 3 heteroatoms. The van der Waals surface area contributed by atoms with E-state index in [2.05, 4.69) is 0 Å². The molecule has 0 heterocycles. The predicted molar refractivity (Wildman–Crippen MR) is 42.3 cm³/mol. The Bertz CT molecular complexity index is 150. The highest BCUT2D eigenvalue weighted by molar-refractivity contribution is 6.64. The zero-order chi connectivity index (χ0) is 8.43. The molecule has 1 nitrogen and oxygen atoms in total. The number of carbonyl (C=O) groups is 1. The third-order valence-corrected chi connectivity index (χ3v) is 2.66. The molecule has 1 rings (SSSR count). The van der Waals surface area contributed by atoms with Crippen molar-refractivity contribution in [2.45, 2.75) is 32.4 Å². The SMILES string of the molecule is CC1CCCC(F)C1C(=O)Cl. The third-order valence-electron chi connectivity index (χ3n) is 2.40. The number of rotatable bonds is 1. The molecule has 0 aromatic rings. The maximum absolute atomic E-state index is 13.0. The Balaban J connectivity index is 2.62. The quantitative estimate of drug-likeness (QED) is 0.564. The monoisotopic (exact) mass is 178 g/mol. The van der Waals surface area contributed by atoms with Crippen LogP contribution < -0.4 is 0 Å². The number of hydrogen-bond acceptors (Lipinski definition) is 1. The molecule has 0 aromatic heterocycles. The van der Waals surface area contributed by atoms with Crippen molar-refractivity contribution in [2.24, 2.45) is 11.8 Å². The van der Waals surface area contributed by atoms with Gasteiger partial charge in [0.05, 0.1) is 5.92 Å². The first-order chi connectivity index (χ1) is 5.13. The molecule has 64 valence electrons. The fourth-order valence-electron chi connectivity index (χ4n) is 1.72. The van der Waals surface area contributed by atoms with Gasteiger partial charge in [0.15, 0.2) is 0 Å². The van der Waals surface area contributed by atoms with Gasteiger partial charge in [0.2, 0.25) is 5.24 Å². The van der Waals surface area contributed by atoms with E-state index in [-0.39, 0.29) is 5.92 Å². The molecule has 0 aromatic carbocycles. The third kappa shape index (κ3) is 1.92. The van der Waals surface area contributed by atoms with Gasteiger partial charge in [-0.1, -0.05) is 13.3 Å². The Morgan fingerprint density at radius 3 is 2.55 bits per heavy atom. The van der Waals surface area contributed by atoms with Crippen molar-refractivity contribution in [3.05, 3.63) is 0 Å². The van der Waals surface area contributed by atoms with E-state index in [0.717, 1.165) is 12.8 Å². The van der Waals surface area contributed by atoms with E-state index < -0.39 is 17.3 Å². The lowest BCUT2D eigenvalue weighted by molar-refractivity contribution is -0.119. The Morgan fingerprint density at radius 1 is 1.55 bits per heavy atom. The lowest BCUT2D eigenvalue weighted by Gasteiger charge is -2.28. The minimum Gasteiger partial charge on any atom is -0.281 e. The van der Waals surface area contributed by atoms with Crippen LogP contribution in [0.4, 0.5) is 4.39 Å². The van der Waals surface area contributed by atoms with Crippen LogP contribution in [0.3, 0.4) is 0 Å². The average molecular weight is 179 g/mol. The Kier molecular flexibility index (Phi) is 2.88. The van der Waals surface area contributed by atoms with Crippen molar-refractivity contribution in [1.29, 1.82) is 0 Å². The van der Waals surface area contributed by atoms with Gasteiger partial charge in [-0.3, -0.25) is 4.79 Å². The number of alkyl halides is 1. The first-order valence-electron chi connectivity index (χ1n) is 3.96. The molecule has 0 spiro atoms. The van der Waals surface area contributed by atoms with Gasteiger partial charge >= 0.3 is 0 Å². The van der Waals surface area contributed by atoms with Crippen LogP contribution in [-0.4, -0.2) is 11.4 Å². The van der Waals surface area contributed by atoms with Gasteiger partial charge in [-0.05, 0) is 30.4 Å². The Labute approximate surface area is 70.9 Å². The topological polar surface area (TPSA) is 17.1 Å². The first-order valence-corrected chi connectivity index (χ1v) is 4.34. The molecule has 0 saturated heterocycles. The van der Waals surface area contributed by atoms with Gasteiger partial charge in [-0.2, -0.15) is 0 Å². The summed E-state index contributed by atoms with van der Waals surface area (Å²) in [6, 6.07) is 0. The predicted octanol–water partition coefficient (Wildman–Crippen LogP) is 2.53. The highest BCUT2D eigenvalue weighted by atomic mass is 35.5. The Morgan fingerprint density at radius 2 is 2.18 bits per heavy atom. The number of carbonyl (C=O) groups excluding carboxylic acids is 1. The van der Waals surface area contributed by atoms with E-state index in [1.165, 1.54) is 0 Å². The summed E-state index contributed by atoms with van der Waals surface area (Å²) in [5.74, 6) is -0.436. The van der Waals surface area contributed by atoms with Gasteiger partial charge in [0, 0.05) is 0 Å². The lowest BCUT2D eigenvalue weighted by atomic mass is 9.80. The fraction of sp³-hybridized carbons (Fsp3) is 0.875. The van der Waals surface area contributed by atoms with E-state index >= 15 is 0 Å². The molecule has 3 unspecified atom stereocenters. The highest BCUT2D eigenvalue weighted by Crippen LogP contribution is 2.33. The molecule has 1 aliphatic rings. The molecular weight excluding hydrogens is 167 g/mol. The molecule has 1 fully saturated rings. The summed E-state index contributed by atoms with van der Waals surface area (Å²) in [6.07, 6.45) is 1.28. The van der Waals surface area contributed by atoms with Crippen molar-refractivity contribution in [3.8, 4) is 0 Å². The van der Waals surface area contributed by atoms with Crippen molar-refractivity contribution >= 4 is 16.8 Å². The molecule has 0 amide bonds. The number of halogens is 2. The summed E-state index contributed by atoms with van der Waals surface area (Å²) in [7, 11) is 0. The van der Waals surface area contributed by atoms with Gasteiger partial charge in [0.1, 0.15) is 6.17 Å². The lowest BCUT2D eigenvalue weighted by Crippen LogP contribution is -2.32. The minimum atomic E-state index is -1.01. The second-order valence-electron chi connectivity index (χ2n) is 3.25. The Hall–Kier alpha value is -0.110. The van der Waals surface area contributed by atoms with Gasteiger partial charge in [-0.25, -0.2) is 4.39 Å². The van der Waals surface area contributed by atoms with E-state index in [9.17, 15) is 9.18 Å². The van der Waals surface area contributed by atoms with Gasteiger partial charge in [0.25, 0.3) is 0 Å². The largest absolute Gasteiger partial charge is 0.281 e. The van der Waals surface area contributed by atoms with E-state index in [4.69, 9.17) is 11.6 Å². The maximum atomic E-state index is 13.0. The van der Waals surface area contributed by atoms with Crippen molar-refractivity contribution in [2.75, 3.05) is 0 Å². The van der Waals surface area contributed by atoms with Crippen LogP contribution in [0.2, 0.25) is 0 Å². The normalized spacial score (nSPS) is 38.6. The maximum Gasteiger partial charge on any atom is 0.227 e. The van der Waals surface area contributed by atoms with Crippen LogP contribution >= 0.6 is 11.6 Å². The van der Waals surface area contributed by atoms with Gasteiger partial charge < -0.3 is 0 Å². The highest BCUT2D eigenvalue weighted by Gasteiger charge is 2.35. The second kappa shape index (κ2) is 3.53. The van der Waals surface area contributed by atoms with Crippen molar-refractivity contribution < 1.29 is 9.18 Å². The zero-order valence-electron chi connectivity index (χ0n) is 6.52. The van der Waals surface area contributed by atoms with Crippen molar-refractivity contribution in [3.63, 3.8) is 0 Å². The fourth-order valence-corrected chi connectivity index (χ4v) is 2.07. The molecule has 0 bridgehead atoms. The summed E-state index contributed by atoms with van der Waals surface area (Å²) in [6.45, 7) is 1.89. The first kappa shape index (κ1) is 8.98. The second-order valence-corrected chi connectivity index (χ2v) is 3.63. The van der Waals surface area contributed by atoms with Gasteiger partial charge in [-0.15, -0.1) is 0 Å². The summed E-state index contributed by atoms with van der Waals surface area (Å²) >= 11 is 5.27. The van der Waals surface area contributed by atoms with Crippen LogP contribution in [0.5, 0.6) is 0 Å². The molecule has 11 heavy (non-hydrogen) atoms. The standard InChI is InChI=1S/C8H12ClFO/c1-5-3-2-4-6(10)7(5)8(9)11/h5-7H,2-4H2,1H3. The summed E-state index contributed by atoms with van der Waals surface area (Å²) < 4.78 is 13.0. The molecule has 3 atom stereocenters. The molecule has 1 saturated carbocycles. The average Bonchev–Trinajstić information content (AvgIpc) is 1.85. The van der Waals surface area contributed by atoms with Crippen molar-refractivity contribution in [1.82, 2.24) is 0 Å². The van der Waals surface area contributed by atoms with Crippen LogP contribution in [0.25, 0.3) is 0 Å². The van der Waals surface area contributed by atoms with Crippen LogP contribution in [0.1, 0.15) is 26.2 Å². The molecule has 0 N–H and O–H groups in total. The summed E-state index contributed by atoms with van der Waals surface area (Å²) in [4.78, 5) is 10.7.